The lowest BCUT2D eigenvalue weighted by Crippen LogP contribution is -2.49. The molecule has 7 nitrogen and oxygen atoms in total. The number of carbonyl (C=O) groups is 1. The van der Waals surface area contributed by atoms with Gasteiger partial charge in [-0.3, -0.25) is 4.79 Å². The number of piperazine rings is 1. The Morgan fingerprint density at radius 3 is 2.48 bits per heavy atom. The van der Waals surface area contributed by atoms with Crippen LogP contribution in [0, 0.1) is 0 Å². The fourth-order valence-corrected chi connectivity index (χ4v) is 3.69. The van der Waals surface area contributed by atoms with Crippen molar-refractivity contribution < 1.29 is 13.6 Å². The summed E-state index contributed by atoms with van der Waals surface area (Å²) in [6.07, 6.45) is 3.11. The second-order valence-electron chi connectivity index (χ2n) is 6.77. The smallest absolute Gasteiger partial charge is 0.289 e. The summed E-state index contributed by atoms with van der Waals surface area (Å²) in [7, 11) is 0. The van der Waals surface area contributed by atoms with Gasteiger partial charge < -0.3 is 18.6 Å². The summed E-state index contributed by atoms with van der Waals surface area (Å²) in [4.78, 5) is 25.9. The molecule has 1 aliphatic heterocycles. The molecule has 0 unspecified atom stereocenters. The zero-order valence-electron chi connectivity index (χ0n) is 15.4. The summed E-state index contributed by atoms with van der Waals surface area (Å²) in [5.41, 5.74) is 0.753. The van der Waals surface area contributed by atoms with Crippen LogP contribution in [0.1, 0.15) is 10.6 Å². The predicted octanol–water partition coefficient (Wildman–Crippen LogP) is 4.10. The average Bonchev–Trinajstić information content (AvgIpc) is 3.46. The summed E-state index contributed by atoms with van der Waals surface area (Å²) in [5, 5.41) is 1.52. The molecular formula is C21H17ClN4O3. The lowest BCUT2D eigenvalue weighted by atomic mass is 10.2. The summed E-state index contributed by atoms with van der Waals surface area (Å²) in [6.45, 7) is 2.46. The molecule has 0 atom stereocenters. The summed E-state index contributed by atoms with van der Waals surface area (Å²) < 4.78 is 10.7. The Kier molecular flexibility index (Phi) is 4.44. The third-order valence-corrected chi connectivity index (χ3v) is 5.21. The van der Waals surface area contributed by atoms with Gasteiger partial charge in [0.15, 0.2) is 17.3 Å². The molecule has 1 amide bonds. The van der Waals surface area contributed by atoms with Crippen molar-refractivity contribution in [2.75, 3.05) is 31.1 Å². The zero-order chi connectivity index (χ0) is 19.8. The minimum absolute atomic E-state index is 0.0924. The molecule has 0 N–H and O–H groups in total. The van der Waals surface area contributed by atoms with Crippen LogP contribution in [0.2, 0.25) is 5.02 Å². The second-order valence-corrected chi connectivity index (χ2v) is 7.20. The van der Waals surface area contributed by atoms with E-state index < -0.39 is 0 Å². The Bertz CT molecular complexity index is 1150. The number of anilines is 1. The van der Waals surface area contributed by atoms with Crippen molar-refractivity contribution in [2.24, 2.45) is 0 Å². The maximum absolute atomic E-state index is 12.5. The fourth-order valence-electron chi connectivity index (χ4n) is 3.52. The fraction of sp³-hybridized carbons (Fsp3) is 0.190. The Hall–Kier alpha value is -3.32. The van der Waals surface area contributed by atoms with Gasteiger partial charge in [-0.25, -0.2) is 9.97 Å². The van der Waals surface area contributed by atoms with Crippen LogP contribution < -0.4 is 4.90 Å². The minimum Gasteiger partial charge on any atom is -0.461 e. The van der Waals surface area contributed by atoms with Gasteiger partial charge in [0.25, 0.3) is 5.91 Å². The number of fused-ring (bicyclic) bond motifs is 1. The highest BCUT2D eigenvalue weighted by Gasteiger charge is 2.26. The third-order valence-electron chi connectivity index (χ3n) is 4.98. The van der Waals surface area contributed by atoms with E-state index in [1.54, 1.807) is 29.4 Å². The molecule has 0 radical (unpaired) electrons. The van der Waals surface area contributed by atoms with E-state index in [2.05, 4.69) is 9.88 Å². The SMILES string of the molecule is O=C(c1ccco1)N1CCN(c2nc(-c3ccco3)nc3cc(Cl)ccc23)CC1. The summed E-state index contributed by atoms with van der Waals surface area (Å²) in [6, 6.07) is 12.6. The average molecular weight is 409 g/mol. The van der Waals surface area contributed by atoms with Gasteiger partial charge in [0.2, 0.25) is 0 Å². The first-order valence-corrected chi connectivity index (χ1v) is 9.66. The van der Waals surface area contributed by atoms with E-state index in [1.165, 1.54) is 6.26 Å². The van der Waals surface area contributed by atoms with Crippen LogP contribution in [0.25, 0.3) is 22.5 Å². The number of hydrogen-bond donors (Lipinski definition) is 0. The van der Waals surface area contributed by atoms with Crippen molar-refractivity contribution in [3.05, 3.63) is 65.8 Å². The normalized spacial score (nSPS) is 14.5. The highest BCUT2D eigenvalue weighted by molar-refractivity contribution is 6.31. The topological polar surface area (TPSA) is 75.6 Å². The van der Waals surface area contributed by atoms with Gasteiger partial charge in [-0.1, -0.05) is 11.6 Å². The first-order chi connectivity index (χ1) is 14.2. The summed E-state index contributed by atoms with van der Waals surface area (Å²) in [5.74, 6) is 2.18. The van der Waals surface area contributed by atoms with Gasteiger partial charge >= 0.3 is 0 Å². The molecule has 4 heterocycles. The molecule has 0 aliphatic carbocycles. The zero-order valence-corrected chi connectivity index (χ0v) is 16.2. The van der Waals surface area contributed by atoms with Gasteiger partial charge in [-0.05, 0) is 42.5 Å². The van der Waals surface area contributed by atoms with Crippen molar-refractivity contribution in [1.82, 2.24) is 14.9 Å². The van der Waals surface area contributed by atoms with Crippen molar-refractivity contribution in [2.45, 2.75) is 0 Å². The monoisotopic (exact) mass is 408 g/mol. The highest BCUT2D eigenvalue weighted by Crippen LogP contribution is 2.30. The first kappa shape index (κ1) is 17.8. The Morgan fingerprint density at radius 1 is 0.966 bits per heavy atom. The van der Waals surface area contributed by atoms with Crippen molar-refractivity contribution in [3.63, 3.8) is 0 Å². The molecule has 1 aromatic carbocycles. The van der Waals surface area contributed by atoms with Crippen LogP contribution in [0.3, 0.4) is 0 Å². The van der Waals surface area contributed by atoms with E-state index in [1.807, 2.05) is 24.3 Å². The second kappa shape index (κ2) is 7.25. The van der Waals surface area contributed by atoms with E-state index in [0.29, 0.717) is 48.5 Å². The molecule has 5 rings (SSSR count). The Morgan fingerprint density at radius 2 is 1.76 bits per heavy atom. The largest absolute Gasteiger partial charge is 0.461 e. The lowest BCUT2D eigenvalue weighted by molar-refractivity contribution is 0.0714. The van der Waals surface area contributed by atoms with E-state index in [-0.39, 0.29) is 5.91 Å². The molecular weight excluding hydrogens is 392 g/mol. The molecule has 29 heavy (non-hydrogen) atoms. The van der Waals surface area contributed by atoms with Crippen molar-refractivity contribution in [1.29, 1.82) is 0 Å². The molecule has 0 spiro atoms. The van der Waals surface area contributed by atoms with E-state index in [9.17, 15) is 4.79 Å². The van der Waals surface area contributed by atoms with E-state index in [4.69, 9.17) is 25.4 Å². The van der Waals surface area contributed by atoms with Gasteiger partial charge in [0.05, 0.1) is 18.0 Å². The maximum Gasteiger partial charge on any atom is 0.289 e. The number of nitrogens with zero attached hydrogens (tertiary/aromatic N) is 4. The number of carbonyl (C=O) groups excluding carboxylic acids is 1. The number of halogens is 1. The standard InChI is InChI=1S/C21H17ClN4O3/c22-14-5-6-15-16(13-14)23-19(17-3-1-11-28-17)24-20(15)25-7-9-26(10-8-25)21(27)18-4-2-12-29-18/h1-6,11-13H,7-10H2. The van der Waals surface area contributed by atoms with Gasteiger partial charge in [-0.2, -0.15) is 0 Å². The van der Waals surface area contributed by atoms with Crippen LogP contribution in [0.15, 0.2) is 63.8 Å². The first-order valence-electron chi connectivity index (χ1n) is 9.28. The predicted molar refractivity (Wildman–Crippen MR) is 109 cm³/mol. The third kappa shape index (κ3) is 3.34. The molecule has 0 saturated carbocycles. The number of hydrogen-bond acceptors (Lipinski definition) is 6. The van der Waals surface area contributed by atoms with Crippen LogP contribution in [-0.4, -0.2) is 47.0 Å². The molecule has 4 aromatic rings. The molecule has 146 valence electrons. The molecule has 1 saturated heterocycles. The Labute approximate surface area is 171 Å². The van der Waals surface area contributed by atoms with E-state index >= 15 is 0 Å². The van der Waals surface area contributed by atoms with Crippen LogP contribution >= 0.6 is 11.6 Å². The highest BCUT2D eigenvalue weighted by atomic mass is 35.5. The van der Waals surface area contributed by atoms with Gasteiger partial charge in [0.1, 0.15) is 5.82 Å². The number of benzene rings is 1. The minimum atomic E-state index is -0.0924. The van der Waals surface area contributed by atoms with Crippen molar-refractivity contribution in [3.8, 4) is 11.6 Å². The van der Waals surface area contributed by atoms with Crippen LogP contribution in [-0.2, 0) is 0 Å². The number of furan rings is 2. The number of amides is 1. The van der Waals surface area contributed by atoms with E-state index in [0.717, 1.165) is 16.7 Å². The number of aromatic nitrogens is 2. The van der Waals surface area contributed by atoms with Crippen LogP contribution in [0.4, 0.5) is 5.82 Å². The summed E-state index contributed by atoms with van der Waals surface area (Å²) >= 11 is 6.19. The quantitative estimate of drug-likeness (QED) is 0.508. The van der Waals surface area contributed by atoms with Gasteiger partial charge in [-0.15, -0.1) is 0 Å². The number of rotatable bonds is 3. The maximum atomic E-state index is 12.5. The van der Waals surface area contributed by atoms with Crippen LogP contribution in [0.5, 0.6) is 0 Å². The Balaban J connectivity index is 1.46. The molecule has 1 fully saturated rings. The van der Waals surface area contributed by atoms with Gasteiger partial charge in [0, 0.05) is 36.6 Å². The van der Waals surface area contributed by atoms with Crippen molar-refractivity contribution >= 4 is 34.2 Å². The molecule has 0 bridgehead atoms. The molecule has 3 aromatic heterocycles. The molecule has 8 heteroatoms. The molecule has 1 aliphatic rings. The lowest BCUT2D eigenvalue weighted by Gasteiger charge is -2.35.